The molecule has 1 amide bonds. The van der Waals surface area contributed by atoms with E-state index >= 15 is 0 Å². The number of hydrogen-bond donors (Lipinski definition) is 0. The first kappa shape index (κ1) is 13.1. The highest BCUT2D eigenvalue weighted by molar-refractivity contribution is 6.02. The first-order valence-corrected chi connectivity index (χ1v) is 6.96. The Morgan fingerprint density at radius 1 is 1.35 bits per heavy atom. The minimum Gasteiger partial charge on any atom is -0.381 e. The zero-order valence-corrected chi connectivity index (χ0v) is 11.6. The third-order valence-corrected chi connectivity index (χ3v) is 3.81. The first-order chi connectivity index (χ1) is 9.77. The SMILES string of the molecule is CN(C(=O)C1CCCOC1)c1cccc2cccnc12. The Bertz CT molecular complexity index is 615. The number of fused-ring (bicyclic) bond motifs is 1. The molecule has 2 heterocycles. The van der Waals surface area contributed by atoms with Crippen molar-refractivity contribution in [3.8, 4) is 0 Å². The molecule has 0 bridgehead atoms. The number of ether oxygens (including phenoxy) is 1. The van der Waals surface area contributed by atoms with Crippen LogP contribution in [0.15, 0.2) is 36.5 Å². The van der Waals surface area contributed by atoms with Crippen LogP contribution in [0.2, 0.25) is 0 Å². The number of aromatic nitrogens is 1. The van der Waals surface area contributed by atoms with Gasteiger partial charge >= 0.3 is 0 Å². The fourth-order valence-electron chi connectivity index (χ4n) is 2.69. The number of rotatable bonds is 2. The number of carbonyl (C=O) groups excluding carboxylic acids is 1. The summed E-state index contributed by atoms with van der Waals surface area (Å²) >= 11 is 0. The third-order valence-electron chi connectivity index (χ3n) is 3.81. The van der Waals surface area contributed by atoms with E-state index in [1.54, 1.807) is 11.1 Å². The zero-order valence-electron chi connectivity index (χ0n) is 11.6. The van der Waals surface area contributed by atoms with Crippen LogP contribution in [0.5, 0.6) is 0 Å². The maximum absolute atomic E-state index is 12.6. The van der Waals surface area contributed by atoms with Gasteiger partial charge in [-0.3, -0.25) is 9.78 Å². The molecule has 1 saturated heterocycles. The van der Waals surface area contributed by atoms with Crippen LogP contribution >= 0.6 is 0 Å². The molecule has 1 fully saturated rings. The Morgan fingerprint density at radius 3 is 3.00 bits per heavy atom. The number of nitrogens with zero attached hydrogens (tertiary/aromatic N) is 2. The van der Waals surface area contributed by atoms with E-state index in [9.17, 15) is 4.79 Å². The van der Waals surface area contributed by atoms with Crippen molar-refractivity contribution in [1.29, 1.82) is 0 Å². The highest BCUT2D eigenvalue weighted by Gasteiger charge is 2.26. The van der Waals surface area contributed by atoms with E-state index in [2.05, 4.69) is 4.98 Å². The minimum absolute atomic E-state index is 0.0345. The Balaban J connectivity index is 1.91. The van der Waals surface area contributed by atoms with Crippen LogP contribution < -0.4 is 4.90 Å². The average Bonchev–Trinajstić information content (AvgIpc) is 2.54. The van der Waals surface area contributed by atoms with E-state index < -0.39 is 0 Å². The molecule has 0 aliphatic carbocycles. The van der Waals surface area contributed by atoms with Gasteiger partial charge in [-0.15, -0.1) is 0 Å². The van der Waals surface area contributed by atoms with Gasteiger partial charge in [-0.1, -0.05) is 18.2 Å². The summed E-state index contributed by atoms with van der Waals surface area (Å²) < 4.78 is 5.41. The fourth-order valence-corrected chi connectivity index (χ4v) is 2.69. The minimum atomic E-state index is -0.0345. The van der Waals surface area contributed by atoms with Gasteiger partial charge in [0.1, 0.15) is 0 Å². The second kappa shape index (κ2) is 5.59. The summed E-state index contributed by atoms with van der Waals surface area (Å²) in [5.41, 5.74) is 1.72. The van der Waals surface area contributed by atoms with Crippen molar-refractivity contribution in [3.05, 3.63) is 36.5 Å². The lowest BCUT2D eigenvalue weighted by Gasteiger charge is -2.27. The van der Waals surface area contributed by atoms with Crippen molar-refractivity contribution >= 4 is 22.5 Å². The zero-order chi connectivity index (χ0) is 13.9. The molecule has 0 radical (unpaired) electrons. The number of pyridine rings is 1. The maximum Gasteiger partial charge on any atom is 0.232 e. The van der Waals surface area contributed by atoms with Crippen LogP contribution in [0.4, 0.5) is 5.69 Å². The topological polar surface area (TPSA) is 42.4 Å². The third kappa shape index (κ3) is 2.39. The summed E-state index contributed by atoms with van der Waals surface area (Å²) in [5.74, 6) is 0.0792. The molecule has 0 spiro atoms. The Kier molecular flexibility index (Phi) is 3.65. The molecule has 2 aromatic rings. The number of carbonyl (C=O) groups is 1. The van der Waals surface area contributed by atoms with Crippen LogP contribution in [0, 0.1) is 5.92 Å². The molecule has 1 aliphatic heterocycles. The van der Waals surface area contributed by atoms with Gasteiger partial charge < -0.3 is 9.64 Å². The van der Waals surface area contributed by atoms with E-state index in [1.807, 2.05) is 37.4 Å². The Labute approximate surface area is 118 Å². The molecule has 1 aromatic carbocycles. The lowest BCUT2D eigenvalue weighted by molar-refractivity contribution is -0.125. The molecule has 1 atom stereocenters. The van der Waals surface area contributed by atoms with Crippen LogP contribution in [0.25, 0.3) is 10.9 Å². The summed E-state index contributed by atoms with van der Waals surface area (Å²) in [6.45, 7) is 1.30. The number of hydrogen-bond acceptors (Lipinski definition) is 3. The van der Waals surface area contributed by atoms with Crippen LogP contribution in [0.3, 0.4) is 0 Å². The molecule has 3 rings (SSSR count). The van der Waals surface area contributed by atoms with Crippen molar-refractivity contribution in [2.45, 2.75) is 12.8 Å². The standard InChI is InChI=1S/C16H18N2O2/c1-18(16(19)13-7-4-10-20-11-13)14-8-2-5-12-6-3-9-17-15(12)14/h2-3,5-6,8-9,13H,4,7,10-11H2,1H3. The molecule has 1 unspecified atom stereocenters. The molecule has 0 N–H and O–H groups in total. The summed E-state index contributed by atoms with van der Waals surface area (Å²) in [6, 6.07) is 9.82. The predicted molar refractivity (Wildman–Crippen MR) is 78.7 cm³/mol. The van der Waals surface area contributed by atoms with Crippen LogP contribution in [0.1, 0.15) is 12.8 Å². The van der Waals surface area contributed by atoms with E-state index in [0.29, 0.717) is 6.61 Å². The number of anilines is 1. The van der Waals surface area contributed by atoms with E-state index in [1.165, 1.54) is 0 Å². The van der Waals surface area contributed by atoms with E-state index in [-0.39, 0.29) is 11.8 Å². The van der Waals surface area contributed by atoms with Crippen molar-refractivity contribution in [2.75, 3.05) is 25.2 Å². The smallest absolute Gasteiger partial charge is 0.232 e. The first-order valence-electron chi connectivity index (χ1n) is 6.96. The molecule has 1 aromatic heterocycles. The van der Waals surface area contributed by atoms with Crippen molar-refractivity contribution in [3.63, 3.8) is 0 Å². The lowest BCUT2D eigenvalue weighted by Crippen LogP contribution is -2.37. The molecule has 0 saturated carbocycles. The summed E-state index contributed by atoms with van der Waals surface area (Å²) in [6.07, 6.45) is 3.62. The Hall–Kier alpha value is -1.94. The molecule has 4 heteroatoms. The van der Waals surface area contributed by atoms with Gasteiger partial charge in [0, 0.05) is 25.2 Å². The van der Waals surface area contributed by atoms with Crippen molar-refractivity contribution < 1.29 is 9.53 Å². The van der Waals surface area contributed by atoms with Crippen LogP contribution in [-0.2, 0) is 9.53 Å². The second-order valence-electron chi connectivity index (χ2n) is 5.16. The lowest BCUT2D eigenvalue weighted by atomic mass is 10.0. The van der Waals surface area contributed by atoms with Gasteiger partial charge in [0.05, 0.1) is 23.7 Å². The van der Waals surface area contributed by atoms with Gasteiger partial charge in [0.2, 0.25) is 5.91 Å². The van der Waals surface area contributed by atoms with E-state index in [0.717, 1.165) is 36.0 Å². The van der Waals surface area contributed by atoms with Gasteiger partial charge in [-0.25, -0.2) is 0 Å². The average molecular weight is 270 g/mol. The fraction of sp³-hybridized carbons (Fsp3) is 0.375. The molecule has 4 nitrogen and oxygen atoms in total. The van der Waals surface area contributed by atoms with Gasteiger partial charge in [0.15, 0.2) is 0 Å². The molecule has 1 aliphatic rings. The molecular formula is C16H18N2O2. The van der Waals surface area contributed by atoms with Crippen LogP contribution in [-0.4, -0.2) is 31.2 Å². The van der Waals surface area contributed by atoms with E-state index in [4.69, 9.17) is 4.74 Å². The van der Waals surface area contributed by atoms with Gasteiger partial charge in [0.25, 0.3) is 0 Å². The van der Waals surface area contributed by atoms with Crippen molar-refractivity contribution in [1.82, 2.24) is 4.98 Å². The summed E-state index contributed by atoms with van der Waals surface area (Å²) in [7, 11) is 1.82. The normalized spacial score (nSPS) is 18.9. The quantitative estimate of drug-likeness (QED) is 0.842. The van der Waals surface area contributed by atoms with Gasteiger partial charge in [-0.05, 0) is 25.0 Å². The number of amides is 1. The highest BCUT2D eigenvalue weighted by Crippen LogP contribution is 2.26. The number of benzene rings is 1. The summed E-state index contributed by atoms with van der Waals surface area (Å²) in [4.78, 5) is 18.7. The predicted octanol–water partition coefficient (Wildman–Crippen LogP) is 2.62. The van der Waals surface area contributed by atoms with Gasteiger partial charge in [-0.2, -0.15) is 0 Å². The number of para-hydroxylation sites is 1. The Morgan fingerprint density at radius 2 is 2.20 bits per heavy atom. The largest absolute Gasteiger partial charge is 0.381 e. The molecule has 20 heavy (non-hydrogen) atoms. The second-order valence-corrected chi connectivity index (χ2v) is 5.16. The molecular weight excluding hydrogens is 252 g/mol. The highest BCUT2D eigenvalue weighted by atomic mass is 16.5. The summed E-state index contributed by atoms with van der Waals surface area (Å²) in [5, 5.41) is 1.05. The van der Waals surface area contributed by atoms with Crippen molar-refractivity contribution in [2.24, 2.45) is 5.92 Å². The maximum atomic E-state index is 12.6. The monoisotopic (exact) mass is 270 g/mol. The molecule has 104 valence electrons.